The predicted octanol–water partition coefficient (Wildman–Crippen LogP) is 1.83. The van der Waals surface area contributed by atoms with E-state index in [1.165, 1.54) is 12.1 Å². The monoisotopic (exact) mass is 252 g/mol. The van der Waals surface area contributed by atoms with Gasteiger partial charge in [-0.15, -0.1) is 0 Å². The summed E-state index contributed by atoms with van der Waals surface area (Å²) in [6.07, 6.45) is 2.15. The van der Waals surface area contributed by atoms with Gasteiger partial charge in [-0.05, 0) is 37.6 Å². The minimum Gasteiger partial charge on any atom is -0.344 e. The molecule has 0 fully saturated rings. The molecule has 3 nitrogen and oxygen atoms in total. The zero-order valence-corrected chi connectivity index (χ0v) is 11.1. The Kier molecular flexibility index (Phi) is 6.36. The number of benzene rings is 1. The minimum atomic E-state index is -0.221. The van der Waals surface area contributed by atoms with Gasteiger partial charge in [-0.3, -0.25) is 4.79 Å². The van der Waals surface area contributed by atoms with E-state index in [0.29, 0.717) is 6.42 Å². The Bertz CT molecular complexity index is 365. The van der Waals surface area contributed by atoms with Gasteiger partial charge in [-0.2, -0.15) is 0 Å². The number of nitrogens with one attached hydrogen (secondary N) is 1. The Hall–Kier alpha value is -1.42. The highest BCUT2D eigenvalue weighted by atomic mass is 19.1. The van der Waals surface area contributed by atoms with Crippen molar-refractivity contribution in [1.29, 1.82) is 0 Å². The van der Waals surface area contributed by atoms with Gasteiger partial charge in [0.1, 0.15) is 5.82 Å². The molecule has 0 aromatic heterocycles. The zero-order valence-electron chi connectivity index (χ0n) is 11.1. The SMILES string of the molecule is CNCCN(C)C(=O)CCCc1ccc(F)cc1. The van der Waals surface area contributed by atoms with Gasteiger partial charge in [0.2, 0.25) is 5.91 Å². The highest BCUT2D eigenvalue weighted by molar-refractivity contribution is 5.75. The van der Waals surface area contributed by atoms with Crippen LogP contribution in [0.4, 0.5) is 4.39 Å². The maximum Gasteiger partial charge on any atom is 0.222 e. The number of carbonyl (C=O) groups is 1. The average molecular weight is 252 g/mol. The van der Waals surface area contributed by atoms with Crippen LogP contribution in [-0.4, -0.2) is 38.0 Å². The topological polar surface area (TPSA) is 32.3 Å². The van der Waals surface area contributed by atoms with E-state index in [2.05, 4.69) is 5.32 Å². The molecular weight excluding hydrogens is 231 g/mol. The van der Waals surface area contributed by atoms with Crippen LogP contribution in [0, 0.1) is 5.82 Å². The zero-order chi connectivity index (χ0) is 13.4. The summed E-state index contributed by atoms with van der Waals surface area (Å²) in [6.45, 7) is 1.53. The number of halogens is 1. The molecule has 1 aromatic rings. The molecule has 0 saturated heterocycles. The summed E-state index contributed by atoms with van der Waals surface area (Å²) in [6, 6.07) is 6.45. The lowest BCUT2D eigenvalue weighted by molar-refractivity contribution is -0.129. The average Bonchev–Trinajstić information content (AvgIpc) is 2.38. The summed E-state index contributed by atoms with van der Waals surface area (Å²) in [5.74, 6) is -0.0611. The Balaban J connectivity index is 2.24. The molecule has 0 aliphatic carbocycles. The lowest BCUT2D eigenvalue weighted by Gasteiger charge is -2.16. The smallest absolute Gasteiger partial charge is 0.222 e. The molecule has 0 radical (unpaired) electrons. The van der Waals surface area contributed by atoms with Gasteiger partial charge in [0, 0.05) is 26.6 Å². The van der Waals surface area contributed by atoms with Crippen LogP contribution in [0.2, 0.25) is 0 Å². The molecule has 100 valence electrons. The summed E-state index contributed by atoms with van der Waals surface area (Å²) >= 11 is 0. The van der Waals surface area contributed by atoms with Crippen LogP contribution in [0.1, 0.15) is 18.4 Å². The molecule has 0 aliphatic rings. The molecule has 0 atom stereocenters. The fourth-order valence-corrected chi connectivity index (χ4v) is 1.69. The first kappa shape index (κ1) is 14.6. The van der Waals surface area contributed by atoms with Crippen molar-refractivity contribution < 1.29 is 9.18 Å². The molecule has 0 unspecified atom stereocenters. The van der Waals surface area contributed by atoms with Crippen molar-refractivity contribution in [2.24, 2.45) is 0 Å². The van der Waals surface area contributed by atoms with Crippen molar-refractivity contribution in [3.63, 3.8) is 0 Å². The Morgan fingerprint density at radius 2 is 2.00 bits per heavy atom. The van der Waals surface area contributed by atoms with Gasteiger partial charge in [-0.25, -0.2) is 4.39 Å². The maximum atomic E-state index is 12.7. The summed E-state index contributed by atoms with van der Waals surface area (Å²) in [4.78, 5) is 13.5. The van der Waals surface area contributed by atoms with Gasteiger partial charge in [0.15, 0.2) is 0 Å². The lowest BCUT2D eigenvalue weighted by Crippen LogP contribution is -2.32. The van der Waals surface area contributed by atoms with E-state index < -0.39 is 0 Å². The van der Waals surface area contributed by atoms with Gasteiger partial charge in [0.25, 0.3) is 0 Å². The van der Waals surface area contributed by atoms with Crippen LogP contribution in [0.15, 0.2) is 24.3 Å². The number of carbonyl (C=O) groups excluding carboxylic acids is 1. The van der Waals surface area contributed by atoms with Crippen molar-refractivity contribution in [3.05, 3.63) is 35.6 Å². The first-order valence-corrected chi connectivity index (χ1v) is 6.26. The summed E-state index contributed by atoms with van der Waals surface area (Å²) < 4.78 is 12.7. The molecular formula is C14H21FN2O. The molecule has 1 amide bonds. The van der Waals surface area contributed by atoms with Crippen LogP contribution in [0.25, 0.3) is 0 Å². The second kappa shape index (κ2) is 7.82. The van der Waals surface area contributed by atoms with Crippen molar-refractivity contribution in [2.45, 2.75) is 19.3 Å². The minimum absolute atomic E-state index is 0.160. The Labute approximate surface area is 108 Å². The molecule has 1 N–H and O–H groups in total. The van der Waals surface area contributed by atoms with Crippen LogP contribution in [0.3, 0.4) is 0 Å². The number of likely N-dealkylation sites (N-methyl/N-ethyl adjacent to an activating group) is 2. The molecule has 18 heavy (non-hydrogen) atoms. The third-order valence-corrected chi connectivity index (χ3v) is 2.89. The lowest BCUT2D eigenvalue weighted by atomic mass is 10.1. The van der Waals surface area contributed by atoms with Crippen LogP contribution < -0.4 is 5.32 Å². The van der Waals surface area contributed by atoms with Crippen LogP contribution in [0.5, 0.6) is 0 Å². The second-order valence-electron chi connectivity index (χ2n) is 4.40. The normalized spacial score (nSPS) is 10.4. The van der Waals surface area contributed by atoms with Gasteiger partial charge in [-0.1, -0.05) is 12.1 Å². The molecule has 0 heterocycles. The number of hydrogen-bond donors (Lipinski definition) is 1. The number of nitrogens with zero attached hydrogens (tertiary/aromatic N) is 1. The fourth-order valence-electron chi connectivity index (χ4n) is 1.69. The largest absolute Gasteiger partial charge is 0.344 e. The first-order valence-electron chi connectivity index (χ1n) is 6.26. The van der Waals surface area contributed by atoms with Crippen molar-refractivity contribution in [2.75, 3.05) is 27.2 Å². The molecule has 0 spiro atoms. The summed E-state index contributed by atoms with van der Waals surface area (Å²) in [7, 11) is 3.68. The maximum absolute atomic E-state index is 12.7. The number of hydrogen-bond acceptors (Lipinski definition) is 2. The van der Waals surface area contributed by atoms with E-state index in [1.54, 1.807) is 17.0 Å². The Morgan fingerprint density at radius 3 is 2.61 bits per heavy atom. The van der Waals surface area contributed by atoms with E-state index in [-0.39, 0.29) is 11.7 Å². The summed E-state index contributed by atoms with van der Waals surface area (Å²) in [5.41, 5.74) is 1.07. The number of rotatable bonds is 7. The van der Waals surface area contributed by atoms with E-state index in [0.717, 1.165) is 31.5 Å². The molecule has 1 aromatic carbocycles. The van der Waals surface area contributed by atoms with E-state index in [9.17, 15) is 9.18 Å². The van der Waals surface area contributed by atoms with Crippen molar-refractivity contribution >= 4 is 5.91 Å². The fraction of sp³-hybridized carbons (Fsp3) is 0.500. The number of aryl methyl sites for hydroxylation is 1. The molecule has 0 aliphatic heterocycles. The second-order valence-corrected chi connectivity index (χ2v) is 4.40. The molecule has 1 rings (SSSR count). The van der Waals surface area contributed by atoms with E-state index in [1.807, 2.05) is 14.1 Å². The Morgan fingerprint density at radius 1 is 1.33 bits per heavy atom. The third kappa shape index (κ3) is 5.27. The molecule has 4 heteroatoms. The highest BCUT2D eigenvalue weighted by Gasteiger charge is 2.07. The van der Waals surface area contributed by atoms with Crippen molar-refractivity contribution in [3.8, 4) is 0 Å². The summed E-state index contributed by atoms with van der Waals surface area (Å²) in [5, 5.41) is 3.01. The van der Waals surface area contributed by atoms with Crippen LogP contribution >= 0.6 is 0 Å². The molecule has 0 saturated carbocycles. The predicted molar refractivity (Wildman–Crippen MR) is 70.9 cm³/mol. The van der Waals surface area contributed by atoms with Gasteiger partial charge in [0.05, 0.1) is 0 Å². The third-order valence-electron chi connectivity index (χ3n) is 2.89. The quantitative estimate of drug-likeness (QED) is 0.803. The van der Waals surface area contributed by atoms with Crippen LogP contribution in [-0.2, 0) is 11.2 Å². The standard InChI is InChI=1S/C14H21FN2O/c1-16-10-11-17(2)14(18)5-3-4-12-6-8-13(15)9-7-12/h6-9,16H,3-5,10-11H2,1-2H3. The molecule has 0 bridgehead atoms. The number of amides is 1. The first-order chi connectivity index (χ1) is 8.63. The van der Waals surface area contributed by atoms with Crippen molar-refractivity contribution in [1.82, 2.24) is 10.2 Å². The van der Waals surface area contributed by atoms with Gasteiger partial charge < -0.3 is 10.2 Å². The highest BCUT2D eigenvalue weighted by Crippen LogP contribution is 2.07. The van der Waals surface area contributed by atoms with E-state index in [4.69, 9.17) is 0 Å². The van der Waals surface area contributed by atoms with Gasteiger partial charge >= 0.3 is 0 Å². The van der Waals surface area contributed by atoms with E-state index >= 15 is 0 Å².